The molecule has 2 fully saturated rings. The number of halogens is 1. The molecule has 2 aliphatic carbocycles. The molecule has 3 atom stereocenters. The first-order valence-corrected chi connectivity index (χ1v) is 12.0. The Bertz CT molecular complexity index is 644. The zero-order chi connectivity index (χ0) is 19.1. The van der Waals surface area contributed by atoms with Crippen molar-refractivity contribution in [3.8, 4) is 0 Å². The highest BCUT2D eigenvalue weighted by atomic mass is 127. The van der Waals surface area contributed by atoms with Crippen molar-refractivity contribution in [1.29, 1.82) is 0 Å². The summed E-state index contributed by atoms with van der Waals surface area (Å²) < 4.78 is 14.3. The van der Waals surface area contributed by atoms with Crippen molar-refractivity contribution in [2.24, 2.45) is 4.99 Å². The molecule has 1 aromatic heterocycles. The summed E-state index contributed by atoms with van der Waals surface area (Å²) in [7, 11) is -0.698. The summed E-state index contributed by atoms with van der Waals surface area (Å²) in [6.07, 6.45) is 11.6. The number of rotatable bonds is 7. The minimum atomic E-state index is -0.698. The molecule has 8 heteroatoms. The van der Waals surface area contributed by atoms with Crippen molar-refractivity contribution in [2.75, 3.05) is 12.3 Å². The molecule has 2 saturated carbocycles. The molecule has 0 bridgehead atoms. The van der Waals surface area contributed by atoms with Gasteiger partial charge in [0, 0.05) is 40.6 Å². The van der Waals surface area contributed by atoms with Crippen LogP contribution in [0, 0.1) is 0 Å². The summed E-state index contributed by atoms with van der Waals surface area (Å²) in [5.41, 5.74) is 1.02. The Morgan fingerprint density at radius 1 is 1.25 bits per heavy atom. The van der Waals surface area contributed by atoms with E-state index in [1.807, 2.05) is 6.92 Å². The maximum atomic E-state index is 12.2. The van der Waals surface area contributed by atoms with E-state index in [-0.39, 0.29) is 24.0 Å². The van der Waals surface area contributed by atoms with Gasteiger partial charge < -0.3 is 10.6 Å². The van der Waals surface area contributed by atoms with Crippen LogP contribution in [0.25, 0.3) is 0 Å². The van der Waals surface area contributed by atoms with Crippen LogP contribution in [0.1, 0.15) is 76.9 Å². The van der Waals surface area contributed by atoms with E-state index in [9.17, 15) is 4.21 Å². The van der Waals surface area contributed by atoms with Gasteiger partial charge in [-0.25, -0.2) is 4.99 Å². The SMILES string of the molecule is CCNC(=NCc1ccn(C2CCCC2)n1)NC1CCCC(S(=O)CC)C1.I. The molecule has 0 saturated heterocycles. The minimum absolute atomic E-state index is 0. The molecule has 3 unspecified atom stereocenters. The van der Waals surface area contributed by atoms with Crippen LogP contribution in [-0.2, 0) is 17.3 Å². The van der Waals surface area contributed by atoms with Crippen LogP contribution in [-0.4, -0.2) is 43.5 Å². The molecule has 0 spiro atoms. The lowest BCUT2D eigenvalue weighted by Crippen LogP contribution is -2.46. The second kappa shape index (κ2) is 12.1. The van der Waals surface area contributed by atoms with Gasteiger partial charge in [-0.15, -0.1) is 24.0 Å². The number of aliphatic imine (C=N–C) groups is 1. The number of hydrogen-bond donors (Lipinski definition) is 2. The lowest BCUT2D eigenvalue weighted by molar-refractivity contribution is 0.413. The van der Waals surface area contributed by atoms with E-state index in [2.05, 4.69) is 34.5 Å². The van der Waals surface area contributed by atoms with Crippen LogP contribution in [0.4, 0.5) is 0 Å². The van der Waals surface area contributed by atoms with E-state index < -0.39 is 10.8 Å². The highest BCUT2D eigenvalue weighted by Crippen LogP contribution is 2.28. The molecule has 0 aromatic carbocycles. The van der Waals surface area contributed by atoms with Gasteiger partial charge in [-0.3, -0.25) is 8.89 Å². The first-order chi connectivity index (χ1) is 13.2. The molecule has 28 heavy (non-hydrogen) atoms. The normalized spacial score (nSPS) is 24.6. The monoisotopic (exact) mass is 521 g/mol. The maximum Gasteiger partial charge on any atom is 0.191 e. The largest absolute Gasteiger partial charge is 0.357 e. The van der Waals surface area contributed by atoms with Gasteiger partial charge in [0.05, 0.1) is 18.3 Å². The van der Waals surface area contributed by atoms with Gasteiger partial charge in [-0.2, -0.15) is 5.10 Å². The van der Waals surface area contributed by atoms with Gasteiger partial charge in [0.1, 0.15) is 0 Å². The van der Waals surface area contributed by atoms with Crippen LogP contribution in [0.5, 0.6) is 0 Å². The van der Waals surface area contributed by atoms with Crippen molar-refractivity contribution in [3.63, 3.8) is 0 Å². The zero-order valence-electron chi connectivity index (χ0n) is 17.2. The van der Waals surface area contributed by atoms with E-state index in [4.69, 9.17) is 10.1 Å². The van der Waals surface area contributed by atoms with Crippen LogP contribution < -0.4 is 10.6 Å². The van der Waals surface area contributed by atoms with Crippen molar-refractivity contribution in [3.05, 3.63) is 18.0 Å². The maximum absolute atomic E-state index is 12.2. The lowest BCUT2D eigenvalue weighted by Gasteiger charge is -2.30. The van der Waals surface area contributed by atoms with Gasteiger partial charge in [0.15, 0.2) is 5.96 Å². The molecule has 3 rings (SSSR count). The van der Waals surface area contributed by atoms with Crippen LogP contribution in [0.15, 0.2) is 17.3 Å². The Morgan fingerprint density at radius 3 is 2.75 bits per heavy atom. The predicted molar refractivity (Wildman–Crippen MR) is 128 cm³/mol. The lowest BCUT2D eigenvalue weighted by atomic mass is 9.95. The average molecular weight is 522 g/mol. The van der Waals surface area contributed by atoms with E-state index in [1.54, 1.807) is 0 Å². The molecule has 2 N–H and O–H groups in total. The van der Waals surface area contributed by atoms with Crippen molar-refractivity contribution in [2.45, 2.75) is 89.1 Å². The number of nitrogens with one attached hydrogen (secondary N) is 2. The Kier molecular flexibility index (Phi) is 10.3. The molecule has 6 nitrogen and oxygen atoms in total. The summed E-state index contributed by atoms with van der Waals surface area (Å²) in [5.74, 6) is 1.61. The molecule has 0 aliphatic heterocycles. The number of nitrogens with zero attached hydrogens (tertiary/aromatic N) is 3. The highest BCUT2D eigenvalue weighted by molar-refractivity contribution is 14.0. The predicted octanol–water partition coefficient (Wildman–Crippen LogP) is 3.75. The first kappa shape index (κ1) is 23.6. The number of aromatic nitrogens is 2. The van der Waals surface area contributed by atoms with E-state index in [0.717, 1.165) is 49.6 Å². The Balaban J connectivity index is 0.00000280. The van der Waals surface area contributed by atoms with Crippen molar-refractivity contribution >= 4 is 40.7 Å². The fraction of sp³-hybridized carbons (Fsp3) is 0.800. The minimum Gasteiger partial charge on any atom is -0.357 e. The fourth-order valence-corrected chi connectivity index (χ4v) is 5.61. The highest BCUT2D eigenvalue weighted by Gasteiger charge is 2.26. The topological polar surface area (TPSA) is 71.3 Å². The Hall–Kier alpha value is -0.640. The van der Waals surface area contributed by atoms with E-state index in [0.29, 0.717) is 23.9 Å². The summed E-state index contributed by atoms with van der Waals surface area (Å²) in [6, 6.07) is 3.02. The molecular formula is C20H36IN5OS. The number of guanidine groups is 1. The van der Waals surface area contributed by atoms with Gasteiger partial charge in [-0.05, 0) is 45.1 Å². The molecule has 1 aromatic rings. The molecular weight excluding hydrogens is 485 g/mol. The molecule has 160 valence electrons. The van der Waals surface area contributed by atoms with Crippen molar-refractivity contribution in [1.82, 2.24) is 20.4 Å². The second-order valence-electron chi connectivity index (χ2n) is 7.72. The summed E-state index contributed by atoms with van der Waals surface area (Å²) in [4.78, 5) is 4.75. The second-order valence-corrected chi connectivity index (χ2v) is 9.73. The van der Waals surface area contributed by atoms with Gasteiger partial charge in [-0.1, -0.05) is 26.2 Å². The quantitative estimate of drug-likeness (QED) is 0.326. The third kappa shape index (κ3) is 6.71. The third-order valence-corrected chi connectivity index (χ3v) is 7.47. The van der Waals surface area contributed by atoms with Crippen LogP contribution >= 0.6 is 24.0 Å². The summed E-state index contributed by atoms with van der Waals surface area (Å²) >= 11 is 0. The van der Waals surface area contributed by atoms with Gasteiger partial charge in [0.2, 0.25) is 0 Å². The van der Waals surface area contributed by atoms with Crippen LogP contribution in [0.2, 0.25) is 0 Å². The van der Waals surface area contributed by atoms with Gasteiger partial charge in [0.25, 0.3) is 0 Å². The Labute approximate surface area is 189 Å². The molecule has 1 heterocycles. The number of hydrogen-bond acceptors (Lipinski definition) is 3. The summed E-state index contributed by atoms with van der Waals surface area (Å²) in [6.45, 7) is 5.52. The van der Waals surface area contributed by atoms with E-state index in [1.165, 1.54) is 25.7 Å². The zero-order valence-corrected chi connectivity index (χ0v) is 20.4. The Morgan fingerprint density at radius 2 is 2.04 bits per heavy atom. The van der Waals surface area contributed by atoms with Gasteiger partial charge >= 0.3 is 0 Å². The van der Waals surface area contributed by atoms with E-state index >= 15 is 0 Å². The van der Waals surface area contributed by atoms with Crippen LogP contribution in [0.3, 0.4) is 0 Å². The first-order valence-electron chi connectivity index (χ1n) is 10.7. The molecule has 2 aliphatic rings. The van der Waals surface area contributed by atoms with Crippen molar-refractivity contribution < 1.29 is 4.21 Å². The average Bonchev–Trinajstić information content (AvgIpc) is 3.37. The summed E-state index contributed by atoms with van der Waals surface area (Å²) in [5, 5.41) is 12.0. The smallest absolute Gasteiger partial charge is 0.191 e. The third-order valence-electron chi connectivity index (χ3n) is 5.73. The standard InChI is InChI=1S/C20H35N5OS.HI/c1-3-21-20(23-16-8-7-11-19(14-16)27(26)4-2)22-15-17-12-13-25(24-17)18-9-5-6-10-18;/h12-13,16,18-19H,3-11,14-15H2,1-2H3,(H2,21,22,23);1H. The molecule has 0 amide bonds. The fourth-order valence-electron chi connectivity index (χ4n) is 4.26. The molecule has 0 radical (unpaired) electrons.